The molecule has 1 saturated carbocycles. The molecule has 3 N–H and O–H groups in total. The van der Waals surface area contributed by atoms with Gasteiger partial charge in [-0.2, -0.15) is 0 Å². The Morgan fingerprint density at radius 2 is 1.65 bits per heavy atom. The third-order valence-electron chi connectivity index (χ3n) is 3.63. The van der Waals surface area contributed by atoms with E-state index in [0.29, 0.717) is 5.69 Å². The van der Waals surface area contributed by atoms with E-state index < -0.39 is 15.6 Å². The number of sulfonamides is 1. The number of hydrogen-bond donors (Lipinski definition) is 2. The van der Waals surface area contributed by atoms with E-state index in [9.17, 15) is 8.42 Å². The normalized spacial score (nSPS) is 18.9. The summed E-state index contributed by atoms with van der Waals surface area (Å²) in [6.07, 6.45) is 4.80. The summed E-state index contributed by atoms with van der Waals surface area (Å²) in [7, 11) is -3.77. The van der Waals surface area contributed by atoms with E-state index in [4.69, 9.17) is 28.9 Å². The van der Waals surface area contributed by atoms with Gasteiger partial charge in [-0.05, 0) is 31.9 Å². The predicted octanol–water partition coefficient (Wildman–Crippen LogP) is 3.58. The van der Waals surface area contributed by atoms with Crippen LogP contribution in [0.3, 0.4) is 0 Å². The molecule has 2 rings (SSSR count). The Labute approximate surface area is 129 Å². The predicted molar refractivity (Wildman–Crippen MR) is 82.7 cm³/mol. The van der Waals surface area contributed by atoms with Crippen LogP contribution in [0, 0.1) is 0 Å². The molecule has 20 heavy (non-hydrogen) atoms. The molecule has 4 nitrogen and oxygen atoms in total. The monoisotopic (exact) mass is 336 g/mol. The van der Waals surface area contributed by atoms with Crippen LogP contribution >= 0.6 is 23.2 Å². The van der Waals surface area contributed by atoms with Crippen LogP contribution in [0.4, 0.5) is 5.69 Å². The van der Waals surface area contributed by atoms with Gasteiger partial charge in [0.05, 0.1) is 10.0 Å². The number of nitrogens with two attached hydrogens (primary N) is 1. The molecule has 1 aliphatic rings. The molecule has 0 heterocycles. The van der Waals surface area contributed by atoms with Gasteiger partial charge in [-0.3, -0.25) is 0 Å². The van der Waals surface area contributed by atoms with Gasteiger partial charge < -0.3 is 5.73 Å². The number of rotatable bonds is 3. The van der Waals surface area contributed by atoms with Crippen LogP contribution < -0.4 is 10.5 Å². The Balaban J connectivity index is 2.36. The van der Waals surface area contributed by atoms with Crippen molar-refractivity contribution in [1.82, 2.24) is 4.72 Å². The molecule has 1 aromatic carbocycles. The fourth-order valence-electron chi connectivity index (χ4n) is 2.65. The molecular weight excluding hydrogens is 319 g/mol. The number of hydrogen-bond acceptors (Lipinski definition) is 3. The van der Waals surface area contributed by atoms with Crippen LogP contribution in [0.25, 0.3) is 0 Å². The van der Waals surface area contributed by atoms with Gasteiger partial charge in [-0.25, -0.2) is 13.1 Å². The molecule has 112 valence electrons. The zero-order chi connectivity index (χ0) is 15.0. The first-order chi connectivity index (χ1) is 9.23. The number of benzene rings is 1. The first kappa shape index (κ1) is 15.9. The maximum Gasteiger partial charge on any atom is 0.244 e. The molecule has 0 radical (unpaired) electrons. The van der Waals surface area contributed by atoms with Gasteiger partial charge in [0.25, 0.3) is 0 Å². The second-order valence-electron chi connectivity index (χ2n) is 5.54. The zero-order valence-electron chi connectivity index (χ0n) is 11.2. The van der Waals surface area contributed by atoms with Crippen LogP contribution in [0.2, 0.25) is 10.0 Å². The first-order valence-electron chi connectivity index (χ1n) is 6.52. The summed E-state index contributed by atoms with van der Waals surface area (Å²) in [6.45, 7) is 1.92. The summed E-state index contributed by atoms with van der Waals surface area (Å²) in [5.41, 5.74) is 5.49. The lowest BCUT2D eigenvalue weighted by atomic mass is 9.84. The quantitative estimate of drug-likeness (QED) is 0.828. The third-order valence-corrected chi connectivity index (χ3v) is 6.19. The van der Waals surface area contributed by atoms with E-state index in [2.05, 4.69) is 4.72 Å². The fraction of sp³-hybridized carbons (Fsp3) is 0.538. The van der Waals surface area contributed by atoms with Crippen molar-refractivity contribution in [2.45, 2.75) is 49.5 Å². The van der Waals surface area contributed by atoms with Gasteiger partial charge in [-0.1, -0.05) is 42.5 Å². The second kappa shape index (κ2) is 5.72. The molecule has 0 saturated heterocycles. The molecular formula is C13H18Cl2N2O2S. The number of nitrogen functional groups attached to an aromatic ring is 1. The summed E-state index contributed by atoms with van der Waals surface area (Å²) in [4.78, 5) is -0.0955. The lowest BCUT2D eigenvalue weighted by molar-refractivity contribution is 0.294. The minimum atomic E-state index is -3.77. The molecule has 0 aromatic heterocycles. The van der Waals surface area contributed by atoms with E-state index in [0.717, 1.165) is 32.1 Å². The maximum atomic E-state index is 12.5. The number of nitrogens with one attached hydrogen (secondary N) is 1. The van der Waals surface area contributed by atoms with Gasteiger partial charge in [0, 0.05) is 11.2 Å². The highest BCUT2D eigenvalue weighted by molar-refractivity contribution is 7.89. The van der Waals surface area contributed by atoms with Gasteiger partial charge >= 0.3 is 0 Å². The SMILES string of the molecule is CC1(NS(=O)(=O)c2c(Cl)cc(N)cc2Cl)CCCCC1. The first-order valence-corrected chi connectivity index (χ1v) is 8.76. The molecule has 1 fully saturated rings. The van der Waals surface area contributed by atoms with Gasteiger partial charge in [0.1, 0.15) is 4.90 Å². The highest BCUT2D eigenvalue weighted by Crippen LogP contribution is 2.34. The van der Waals surface area contributed by atoms with E-state index >= 15 is 0 Å². The standard InChI is InChI=1S/C13H18Cl2N2O2S/c1-13(5-3-2-4-6-13)17-20(18,19)12-10(14)7-9(16)8-11(12)15/h7-8,17H,2-6,16H2,1H3. The summed E-state index contributed by atoms with van der Waals surface area (Å²) >= 11 is 12.0. The van der Waals surface area contributed by atoms with Crippen molar-refractivity contribution in [3.05, 3.63) is 22.2 Å². The summed E-state index contributed by atoms with van der Waals surface area (Å²) in [6, 6.07) is 2.79. The largest absolute Gasteiger partial charge is 0.399 e. The van der Waals surface area contributed by atoms with E-state index in [1.807, 2.05) is 6.92 Å². The van der Waals surface area contributed by atoms with Crippen molar-refractivity contribution in [3.8, 4) is 0 Å². The average Bonchev–Trinajstić information content (AvgIpc) is 2.25. The molecule has 0 spiro atoms. The van der Waals surface area contributed by atoms with Gasteiger partial charge in [-0.15, -0.1) is 0 Å². The Bertz CT molecular complexity index is 588. The van der Waals surface area contributed by atoms with Gasteiger partial charge in [0.2, 0.25) is 10.0 Å². The summed E-state index contributed by atoms with van der Waals surface area (Å²) < 4.78 is 27.8. The van der Waals surface area contributed by atoms with Crippen molar-refractivity contribution >= 4 is 38.9 Å². The number of anilines is 1. The molecule has 0 bridgehead atoms. The Morgan fingerprint density at radius 3 is 2.15 bits per heavy atom. The molecule has 1 aliphatic carbocycles. The molecule has 0 amide bonds. The Hall–Kier alpha value is -0.490. The van der Waals surface area contributed by atoms with Crippen LogP contribution in [0.15, 0.2) is 17.0 Å². The van der Waals surface area contributed by atoms with Crippen molar-refractivity contribution < 1.29 is 8.42 Å². The minimum absolute atomic E-state index is 0.0434. The molecule has 1 aromatic rings. The van der Waals surface area contributed by atoms with Crippen molar-refractivity contribution in [3.63, 3.8) is 0 Å². The Morgan fingerprint density at radius 1 is 1.15 bits per heavy atom. The van der Waals surface area contributed by atoms with E-state index in [-0.39, 0.29) is 14.9 Å². The second-order valence-corrected chi connectivity index (χ2v) is 7.97. The highest BCUT2D eigenvalue weighted by atomic mass is 35.5. The summed E-state index contributed by atoms with van der Waals surface area (Å²) in [5, 5.41) is 0.0869. The topological polar surface area (TPSA) is 72.2 Å². The van der Waals surface area contributed by atoms with Crippen LogP contribution in [0.5, 0.6) is 0 Å². The molecule has 0 unspecified atom stereocenters. The summed E-state index contributed by atoms with van der Waals surface area (Å²) in [5.74, 6) is 0. The van der Waals surface area contributed by atoms with Crippen LogP contribution in [-0.4, -0.2) is 14.0 Å². The van der Waals surface area contributed by atoms with E-state index in [1.54, 1.807) is 0 Å². The van der Waals surface area contributed by atoms with Crippen molar-refractivity contribution in [2.75, 3.05) is 5.73 Å². The minimum Gasteiger partial charge on any atom is -0.399 e. The molecule has 0 aliphatic heterocycles. The fourth-order valence-corrected chi connectivity index (χ4v) is 5.35. The van der Waals surface area contributed by atoms with Crippen LogP contribution in [-0.2, 0) is 10.0 Å². The highest BCUT2D eigenvalue weighted by Gasteiger charge is 2.34. The smallest absolute Gasteiger partial charge is 0.244 e. The molecule has 7 heteroatoms. The van der Waals surface area contributed by atoms with Crippen molar-refractivity contribution in [1.29, 1.82) is 0 Å². The lowest BCUT2D eigenvalue weighted by Crippen LogP contribution is -2.47. The third kappa shape index (κ3) is 3.39. The van der Waals surface area contributed by atoms with Crippen LogP contribution in [0.1, 0.15) is 39.0 Å². The van der Waals surface area contributed by atoms with Gasteiger partial charge in [0.15, 0.2) is 0 Å². The van der Waals surface area contributed by atoms with Crippen molar-refractivity contribution in [2.24, 2.45) is 0 Å². The zero-order valence-corrected chi connectivity index (χ0v) is 13.6. The average molecular weight is 337 g/mol. The number of halogens is 2. The Kier molecular flexibility index (Phi) is 4.54. The van der Waals surface area contributed by atoms with E-state index in [1.165, 1.54) is 12.1 Å². The molecule has 0 atom stereocenters. The maximum absolute atomic E-state index is 12.5. The lowest BCUT2D eigenvalue weighted by Gasteiger charge is -2.34.